The lowest BCUT2D eigenvalue weighted by Gasteiger charge is -2.02. The van der Waals surface area contributed by atoms with Gasteiger partial charge in [-0.25, -0.2) is 0 Å². The van der Waals surface area contributed by atoms with Crippen molar-refractivity contribution in [2.45, 2.75) is 109 Å². The highest BCUT2D eigenvalue weighted by atomic mass is 16.1. The van der Waals surface area contributed by atoms with E-state index in [1.807, 2.05) is 12.1 Å². The Bertz CT molecular complexity index is 621. The van der Waals surface area contributed by atoms with Crippen LogP contribution in [0.4, 0.5) is 0 Å². The molecule has 1 rings (SSSR count). The van der Waals surface area contributed by atoms with Crippen LogP contribution in [-0.2, 0) is 6.42 Å². The van der Waals surface area contributed by atoms with Gasteiger partial charge in [-0.3, -0.25) is 4.79 Å². The van der Waals surface area contributed by atoms with Crippen molar-refractivity contribution in [3.8, 4) is 6.07 Å². The van der Waals surface area contributed by atoms with Gasteiger partial charge in [-0.05, 0) is 63.5 Å². The number of unbranched alkanes of at least 4 members (excludes halogenated alkanes) is 13. The van der Waals surface area contributed by atoms with Crippen LogP contribution in [0.2, 0.25) is 0 Å². The van der Waals surface area contributed by atoms with Crippen molar-refractivity contribution in [3.05, 3.63) is 47.8 Å². The first kappa shape index (κ1) is 26.0. The second-order valence-corrected chi connectivity index (χ2v) is 8.21. The molecule has 0 saturated heterocycles. The number of aryl methyl sites for hydroxylation is 1. The lowest BCUT2D eigenvalue weighted by Crippen LogP contribution is -1.88. The van der Waals surface area contributed by atoms with E-state index < -0.39 is 0 Å². The number of carbonyl (C=O) groups is 1. The van der Waals surface area contributed by atoms with Gasteiger partial charge in [0.2, 0.25) is 0 Å². The number of hydrogen-bond donors (Lipinski definition) is 1. The summed E-state index contributed by atoms with van der Waals surface area (Å²) in [5, 5.41) is 8.47. The first-order chi connectivity index (χ1) is 14.9. The first-order valence-corrected chi connectivity index (χ1v) is 12.2. The Morgan fingerprint density at radius 2 is 1.30 bits per heavy atom. The van der Waals surface area contributed by atoms with E-state index in [1.54, 1.807) is 0 Å². The van der Waals surface area contributed by atoms with E-state index in [0.717, 1.165) is 38.4 Å². The maximum Gasteiger partial charge on any atom is 0.166 e. The molecule has 0 aromatic carbocycles. The van der Waals surface area contributed by atoms with E-state index in [-0.39, 0.29) is 0 Å². The summed E-state index contributed by atoms with van der Waals surface area (Å²) >= 11 is 0. The van der Waals surface area contributed by atoms with Crippen molar-refractivity contribution in [2.75, 3.05) is 0 Å². The van der Waals surface area contributed by atoms with Crippen molar-refractivity contribution in [1.29, 1.82) is 5.26 Å². The third-order valence-corrected chi connectivity index (χ3v) is 5.48. The third-order valence-electron chi connectivity index (χ3n) is 5.48. The molecule has 30 heavy (non-hydrogen) atoms. The molecular weight excluding hydrogens is 368 g/mol. The van der Waals surface area contributed by atoms with Crippen LogP contribution in [0.3, 0.4) is 0 Å². The second kappa shape index (κ2) is 20.2. The van der Waals surface area contributed by atoms with E-state index in [2.05, 4.69) is 35.4 Å². The Kier molecular flexibility index (Phi) is 17.5. The van der Waals surface area contributed by atoms with Crippen LogP contribution in [0, 0.1) is 11.3 Å². The minimum absolute atomic E-state index is 0.688. The Morgan fingerprint density at radius 3 is 1.87 bits per heavy atom. The minimum atomic E-state index is 0.688. The van der Waals surface area contributed by atoms with Crippen LogP contribution < -0.4 is 0 Å². The van der Waals surface area contributed by atoms with Gasteiger partial charge in [-0.1, -0.05) is 75.7 Å². The molecule has 0 fully saturated rings. The number of carbonyl (C=O) groups excluding carboxylic acids is 1. The molecule has 1 aromatic heterocycles. The Morgan fingerprint density at radius 1 is 0.733 bits per heavy atom. The fourth-order valence-corrected chi connectivity index (χ4v) is 3.64. The zero-order chi connectivity index (χ0) is 21.5. The standard InChI is InChI=1S/C27H42N2O/c28-24-20-18-16-14-12-10-8-6-4-2-1-3-5-7-9-11-13-15-17-19-21-26-22-23-27(25-30)29-26/h4,6,10,12,22-23,25,29H,1-3,5,7-9,11,13-21H2. The highest BCUT2D eigenvalue weighted by molar-refractivity contribution is 5.71. The van der Waals surface area contributed by atoms with Gasteiger partial charge in [0.1, 0.15) is 0 Å². The molecule has 0 aliphatic heterocycles. The van der Waals surface area contributed by atoms with Crippen LogP contribution in [0.25, 0.3) is 0 Å². The zero-order valence-electron chi connectivity index (χ0n) is 18.9. The van der Waals surface area contributed by atoms with Gasteiger partial charge < -0.3 is 4.98 Å². The van der Waals surface area contributed by atoms with Crippen molar-refractivity contribution >= 4 is 6.29 Å². The molecule has 3 heteroatoms. The molecular formula is C27H42N2O. The molecule has 0 saturated carbocycles. The van der Waals surface area contributed by atoms with Gasteiger partial charge in [0.05, 0.1) is 11.8 Å². The molecule has 0 radical (unpaired) electrons. The van der Waals surface area contributed by atoms with Crippen molar-refractivity contribution in [3.63, 3.8) is 0 Å². The summed E-state index contributed by atoms with van der Waals surface area (Å²) in [7, 11) is 0. The van der Waals surface area contributed by atoms with Crippen LogP contribution in [0.5, 0.6) is 0 Å². The monoisotopic (exact) mass is 410 g/mol. The summed E-state index contributed by atoms with van der Waals surface area (Å²) in [6.07, 6.45) is 30.6. The Balaban J connectivity index is 1.76. The minimum Gasteiger partial charge on any atom is -0.356 e. The molecule has 0 atom stereocenters. The number of rotatable bonds is 20. The van der Waals surface area contributed by atoms with E-state index in [0.29, 0.717) is 12.1 Å². The summed E-state index contributed by atoms with van der Waals surface area (Å²) in [6, 6.07) is 6.08. The number of aromatic amines is 1. The Labute approximate surface area is 184 Å². The average Bonchev–Trinajstić information content (AvgIpc) is 3.23. The van der Waals surface area contributed by atoms with Gasteiger partial charge in [-0.2, -0.15) is 5.26 Å². The van der Waals surface area contributed by atoms with E-state index in [4.69, 9.17) is 5.26 Å². The molecule has 0 amide bonds. The van der Waals surface area contributed by atoms with Gasteiger partial charge in [-0.15, -0.1) is 0 Å². The molecule has 1 heterocycles. The third kappa shape index (κ3) is 15.8. The van der Waals surface area contributed by atoms with E-state index in [9.17, 15) is 4.79 Å². The molecule has 0 unspecified atom stereocenters. The van der Waals surface area contributed by atoms with Gasteiger partial charge in [0, 0.05) is 12.1 Å². The fourth-order valence-electron chi connectivity index (χ4n) is 3.64. The van der Waals surface area contributed by atoms with Crippen molar-refractivity contribution < 1.29 is 4.79 Å². The number of aromatic nitrogens is 1. The van der Waals surface area contributed by atoms with Gasteiger partial charge >= 0.3 is 0 Å². The lowest BCUT2D eigenvalue weighted by molar-refractivity contribution is 0.111. The smallest absolute Gasteiger partial charge is 0.166 e. The number of nitriles is 1. The highest BCUT2D eigenvalue weighted by Gasteiger charge is 1.98. The van der Waals surface area contributed by atoms with Crippen molar-refractivity contribution in [1.82, 2.24) is 4.98 Å². The predicted octanol–water partition coefficient (Wildman–Crippen LogP) is 8.25. The van der Waals surface area contributed by atoms with Gasteiger partial charge in [0.15, 0.2) is 6.29 Å². The number of aldehydes is 1. The molecule has 0 spiro atoms. The maximum absolute atomic E-state index is 10.6. The van der Waals surface area contributed by atoms with Crippen LogP contribution in [-0.4, -0.2) is 11.3 Å². The lowest BCUT2D eigenvalue weighted by atomic mass is 10.0. The summed E-state index contributed by atoms with van der Waals surface area (Å²) < 4.78 is 0. The number of nitrogens with zero attached hydrogens (tertiary/aromatic N) is 1. The van der Waals surface area contributed by atoms with Crippen molar-refractivity contribution in [2.24, 2.45) is 0 Å². The predicted molar refractivity (Wildman–Crippen MR) is 128 cm³/mol. The largest absolute Gasteiger partial charge is 0.356 e. The summed E-state index contributed by atoms with van der Waals surface area (Å²) in [4.78, 5) is 13.8. The highest BCUT2D eigenvalue weighted by Crippen LogP contribution is 2.13. The van der Waals surface area contributed by atoms with Crippen LogP contribution in [0.15, 0.2) is 36.4 Å². The van der Waals surface area contributed by atoms with Gasteiger partial charge in [0.25, 0.3) is 0 Å². The molecule has 0 aliphatic rings. The number of allylic oxidation sites excluding steroid dienone is 4. The molecule has 1 aromatic rings. The molecule has 3 nitrogen and oxygen atoms in total. The van der Waals surface area contributed by atoms with Crippen LogP contribution >= 0.6 is 0 Å². The zero-order valence-corrected chi connectivity index (χ0v) is 18.9. The average molecular weight is 411 g/mol. The van der Waals surface area contributed by atoms with E-state index >= 15 is 0 Å². The summed E-state index contributed by atoms with van der Waals surface area (Å²) in [5.74, 6) is 0. The molecule has 0 bridgehead atoms. The van der Waals surface area contributed by atoms with Crippen LogP contribution in [0.1, 0.15) is 119 Å². The Hall–Kier alpha value is -2.08. The fraction of sp³-hybridized carbons (Fsp3) is 0.630. The topological polar surface area (TPSA) is 56.6 Å². The number of H-pyrrole nitrogens is 1. The summed E-state index contributed by atoms with van der Waals surface area (Å²) in [5.41, 5.74) is 1.88. The number of hydrogen-bond acceptors (Lipinski definition) is 2. The van der Waals surface area contributed by atoms with E-state index in [1.165, 1.54) is 76.3 Å². The maximum atomic E-state index is 10.6. The second-order valence-electron chi connectivity index (χ2n) is 8.21. The summed E-state index contributed by atoms with van der Waals surface area (Å²) in [6.45, 7) is 0. The molecule has 166 valence electrons. The normalized spacial score (nSPS) is 11.4. The molecule has 0 aliphatic carbocycles. The first-order valence-electron chi connectivity index (χ1n) is 12.2. The number of nitrogens with one attached hydrogen (secondary N) is 1. The quantitative estimate of drug-likeness (QED) is 0.134. The SMILES string of the molecule is N#CCCCCC=CCC=CCCCCCCCCCCCCc1ccc(C=O)[nH]1. The molecule has 1 N–H and O–H groups in total.